The third kappa shape index (κ3) is 3.67. The third-order valence-corrected chi connectivity index (χ3v) is 3.87. The number of nitrogens with two attached hydrogens (primary N) is 1. The van der Waals surface area contributed by atoms with Crippen LogP contribution in [0.1, 0.15) is 22.5 Å². The summed E-state index contributed by atoms with van der Waals surface area (Å²) >= 11 is 0. The summed E-state index contributed by atoms with van der Waals surface area (Å²) in [4.78, 5) is 14.9. The van der Waals surface area contributed by atoms with E-state index in [9.17, 15) is 10.1 Å². The van der Waals surface area contributed by atoms with Crippen molar-refractivity contribution in [3.63, 3.8) is 0 Å². The molecule has 0 saturated carbocycles. The van der Waals surface area contributed by atoms with Gasteiger partial charge in [0, 0.05) is 44.0 Å². The van der Waals surface area contributed by atoms with Crippen LogP contribution in [0.3, 0.4) is 0 Å². The second-order valence-electron chi connectivity index (χ2n) is 5.60. The van der Waals surface area contributed by atoms with Crippen LogP contribution in [0.25, 0.3) is 0 Å². The highest BCUT2D eigenvalue weighted by Gasteiger charge is 2.09. The molecule has 0 bridgehead atoms. The molecule has 2 aromatic carbocycles. The molecular weight excluding hydrogens is 304 g/mol. The van der Waals surface area contributed by atoms with Gasteiger partial charge in [0.15, 0.2) is 0 Å². The van der Waals surface area contributed by atoms with Crippen molar-refractivity contribution in [2.24, 2.45) is 5.73 Å². The molecule has 6 heteroatoms. The fraction of sp³-hybridized carbons (Fsp3) is 0.167. The Morgan fingerprint density at radius 3 is 2.62 bits per heavy atom. The van der Waals surface area contributed by atoms with Crippen molar-refractivity contribution in [2.45, 2.75) is 19.5 Å². The van der Waals surface area contributed by atoms with E-state index in [4.69, 9.17) is 5.73 Å². The van der Waals surface area contributed by atoms with Crippen LogP contribution < -0.4 is 5.73 Å². The molecule has 0 saturated heterocycles. The smallest absolute Gasteiger partial charge is 0.269 e. The molecule has 1 aromatic heterocycles. The SMILES string of the molecule is NCc1cccc(Cn2ccnc2Cc2cccc([N+](=O)[O-])c2)c1. The first-order valence-electron chi connectivity index (χ1n) is 7.67. The van der Waals surface area contributed by atoms with Crippen molar-refractivity contribution < 1.29 is 4.92 Å². The molecule has 24 heavy (non-hydrogen) atoms. The number of benzene rings is 2. The van der Waals surface area contributed by atoms with E-state index in [-0.39, 0.29) is 10.6 Å². The molecule has 0 amide bonds. The van der Waals surface area contributed by atoms with Crippen LogP contribution in [-0.4, -0.2) is 14.5 Å². The lowest BCUT2D eigenvalue weighted by atomic mass is 10.1. The number of nitro benzene ring substituents is 1. The van der Waals surface area contributed by atoms with Crippen LogP contribution in [0, 0.1) is 10.1 Å². The first-order chi connectivity index (χ1) is 11.7. The van der Waals surface area contributed by atoms with E-state index in [2.05, 4.69) is 21.7 Å². The van der Waals surface area contributed by atoms with E-state index in [1.165, 1.54) is 6.07 Å². The van der Waals surface area contributed by atoms with Gasteiger partial charge >= 0.3 is 0 Å². The molecular formula is C18H18N4O2. The van der Waals surface area contributed by atoms with E-state index in [0.717, 1.165) is 22.5 Å². The summed E-state index contributed by atoms with van der Waals surface area (Å²) in [6, 6.07) is 14.8. The fourth-order valence-electron chi connectivity index (χ4n) is 2.67. The van der Waals surface area contributed by atoms with Gasteiger partial charge in [0.2, 0.25) is 0 Å². The van der Waals surface area contributed by atoms with Crippen molar-refractivity contribution in [3.8, 4) is 0 Å². The lowest BCUT2D eigenvalue weighted by molar-refractivity contribution is -0.384. The molecule has 0 aliphatic heterocycles. The molecule has 0 aliphatic carbocycles. The Morgan fingerprint density at radius 2 is 1.83 bits per heavy atom. The van der Waals surface area contributed by atoms with E-state index >= 15 is 0 Å². The summed E-state index contributed by atoms with van der Waals surface area (Å²) in [7, 11) is 0. The predicted octanol–water partition coefficient (Wildman–Crippen LogP) is 2.89. The van der Waals surface area contributed by atoms with Crippen LogP contribution in [0.2, 0.25) is 0 Å². The minimum absolute atomic E-state index is 0.0984. The molecule has 6 nitrogen and oxygen atoms in total. The Balaban J connectivity index is 1.80. The minimum atomic E-state index is -0.381. The number of rotatable bonds is 6. The largest absolute Gasteiger partial charge is 0.330 e. The van der Waals surface area contributed by atoms with Gasteiger partial charge in [-0.3, -0.25) is 10.1 Å². The zero-order valence-corrected chi connectivity index (χ0v) is 13.1. The molecule has 0 radical (unpaired) electrons. The Labute approximate surface area is 139 Å². The van der Waals surface area contributed by atoms with E-state index < -0.39 is 0 Å². The summed E-state index contributed by atoms with van der Waals surface area (Å²) in [5, 5.41) is 10.9. The highest BCUT2D eigenvalue weighted by Crippen LogP contribution is 2.17. The lowest BCUT2D eigenvalue weighted by Gasteiger charge is -2.09. The van der Waals surface area contributed by atoms with Gasteiger partial charge in [-0.15, -0.1) is 0 Å². The van der Waals surface area contributed by atoms with Gasteiger partial charge in [0.1, 0.15) is 5.82 Å². The molecule has 0 aliphatic rings. The summed E-state index contributed by atoms with van der Waals surface area (Å²) in [5.41, 5.74) is 8.89. The van der Waals surface area contributed by atoms with Gasteiger partial charge in [0.25, 0.3) is 5.69 Å². The van der Waals surface area contributed by atoms with Crippen LogP contribution in [0.5, 0.6) is 0 Å². The number of imidazole rings is 1. The molecule has 122 valence electrons. The van der Waals surface area contributed by atoms with Crippen molar-refractivity contribution in [3.05, 3.63) is 93.6 Å². The molecule has 3 aromatic rings. The van der Waals surface area contributed by atoms with Gasteiger partial charge in [-0.25, -0.2) is 4.98 Å². The molecule has 1 heterocycles. The zero-order chi connectivity index (χ0) is 16.9. The lowest BCUT2D eigenvalue weighted by Crippen LogP contribution is -2.06. The Bertz CT molecular complexity index is 857. The van der Waals surface area contributed by atoms with Gasteiger partial charge < -0.3 is 10.3 Å². The standard InChI is InChI=1S/C18H18N4O2/c19-12-15-4-1-5-16(9-15)13-21-8-7-20-18(21)11-14-3-2-6-17(10-14)22(23)24/h1-10H,11-13,19H2. The Kier molecular flexibility index (Phi) is 4.67. The molecule has 0 fully saturated rings. The average Bonchev–Trinajstić information content (AvgIpc) is 3.02. The third-order valence-electron chi connectivity index (χ3n) is 3.87. The van der Waals surface area contributed by atoms with E-state index in [1.54, 1.807) is 18.3 Å². The maximum Gasteiger partial charge on any atom is 0.269 e. The van der Waals surface area contributed by atoms with Crippen LogP contribution in [-0.2, 0) is 19.5 Å². The highest BCUT2D eigenvalue weighted by molar-refractivity contribution is 5.35. The number of aromatic nitrogens is 2. The van der Waals surface area contributed by atoms with Gasteiger partial charge in [-0.05, 0) is 16.7 Å². The summed E-state index contributed by atoms with van der Waals surface area (Å²) < 4.78 is 2.05. The quantitative estimate of drug-likeness (QED) is 0.558. The Hall–Kier alpha value is -2.99. The molecule has 0 unspecified atom stereocenters. The normalized spacial score (nSPS) is 10.7. The number of hydrogen-bond donors (Lipinski definition) is 1. The zero-order valence-electron chi connectivity index (χ0n) is 13.1. The monoisotopic (exact) mass is 322 g/mol. The van der Waals surface area contributed by atoms with Gasteiger partial charge in [-0.2, -0.15) is 0 Å². The van der Waals surface area contributed by atoms with Crippen molar-refractivity contribution in [1.82, 2.24) is 9.55 Å². The minimum Gasteiger partial charge on any atom is -0.330 e. The number of hydrogen-bond acceptors (Lipinski definition) is 4. The summed E-state index contributed by atoms with van der Waals surface area (Å²) in [5.74, 6) is 0.869. The number of nitrogens with zero attached hydrogens (tertiary/aromatic N) is 3. The molecule has 0 atom stereocenters. The topological polar surface area (TPSA) is 87.0 Å². The van der Waals surface area contributed by atoms with Gasteiger partial charge in [0.05, 0.1) is 4.92 Å². The van der Waals surface area contributed by atoms with E-state index in [1.807, 2.05) is 24.4 Å². The maximum atomic E-state index is 10.9. The average molecular weight is 322 g/mol. The van der Waals surface area contributed by atoms with Crippen molar-refractivity contribution in [1.29, 1.82) is 0 Å². The van der Waals surface area contributed by atoms with Crippen molar-refractivity contribution >= 4 is 5.69 Å². The van der Waals surface area contributed by atoms with Crippen molar-refractivity contribution in [2.75, 3.05) is 0 Å². The second-order valence-corrected chi connectivity index (χ2v) is 5.60. The molecule has 3 rings (SSSR count). The maximum absolute atomic E-state index is 10.9. The molecule has 2 N–H and O–H groups in total. The van der Waals surface area contributed by atoms with E-state index in [0.29, 0.717) is 19.5 Å². The fourth-order valence-corrected chi connectivity index (χ4v) is 2.67. The van der Waals surface area contributed by atoms with Crippen LogP contribution >= 0.6 is 0 Å². The molecule has 0 spiro atoms. The number of nitro groups is 1. The number of non-ortho nitro benzene ring substituents is 1. The summed E-state index contributed by atoms with van der Waals surface area (Å²) in [6.07, 6.45) is 4.21. The Morgan fingerprint density at radius 1 is 1.08 bits per heavy atom. The predicted molar refractivity (Wildman–Crippen MR) is 91.6 cm³/mol. The van der Waals surface area contributed by atoms with Gasteiger partial charge in [-0.1, -0.05) is 36.4 Å². The van der Waals surface area contributed by atoms with Crippen LogP contribution in [0.4, 0.5) is 5.69 Å². The first-order valence-corrected chi connectivity index (χ1v) is 7.67. The second kappa shape index (κ2) is 7.06. The van der Waals surface area contributed by atoms with Crippen LogP contribution in [0.15, 0.2) is 60.9 Å². The summed E-state index contributed by atoms with van der Waals surface area (Å²) in [6.45, 7) is 1.20. The first kappa shape index (κ1) is 15.9. The highest BCUT2D eigenvalue weighted by atomic mass is 16.6.